The number of aryl methyl sites for hydroxylation is 2. The number of fused-ring (bicyclic) bond motifs is 1. The van der Waals surface area contributed by atoms with Crippen LogP contribution in [0.1, 0.15) is 76.3 Å². The minimum Gasteiger partial charge on any atom is -0.356 e. The molecular weight excluding hydrogens is 469 g/mol. The summed E-state index contributed by atoms with van der Waals surface area (Å²) in [6.45, 7) is 11.2. The molecule has 0 aliphatic carbocycles. The monoisotopic (exact) mass is 509 g/mol. The molecule has 37 heavy (non-hydrogen) atoms. The lowest BCUT2D eigenvalue weighted by Gasteiger charge is -2.49. The Balaban J connectivity index is 1.57. The summed E-state index contributed by atoms with van der Waals surface area (Å²) < 4.78 is 23.8. The minimum atomic E-state index is -0.188. The summed E-state index contributed by atoms with van der Waals surface area (Å²) >= 11 is 0. The average molecular weight is 510 g/mol. The van der Waals surface area contributed by atoms with Crippen LogP contribution in [0.5, 0.6) is 0 Å². The van der Waals surface area contributed by atoms with Crippen molar-refractivity contribution in [2.75, 3.05) is 24.6 Å². The van der Waals surface area contributed by atoms with E-state index < -0.39 is 0 Å². The number of aromatic nitrogens is 3. The maximum atomic E-state index is 13.8. The Bertz CT molecular complexity index is 1310. The molecule has 2 aromatic heterocycles. The first-order chi connectivity index (χ1) is 17.8. The molecule has 1 aromatic carbocycles. The number of anilines is 1. The standard InChI is InChI=1S/C29H40FN5O2/c1-6-22-18-34(23(7-2)17-33(22)20(4)24-12-11-21(30)16-19(24)3)29-28-25(13-14-26(36)32(28)5)31-35(29)27-10-8-9-15-37-27/h11-14,16,20,22-23,27H,6-10,15,17-18H2,1-5H3/t20?,22-,23+,27?/m1/s1. The van der Waals surface area contributed by atoms with Crippen molar-refractivity contribution in [3.63, 3.8) is 0 Å². The SMILES string of the molecule is CC[C@H]1CN(C(C)c2ccc(F)cc2C)[C@H](CC)CN1c1c2c(ccc(=O)n2C)nn1C1CCCCO1. The summed E-state index contributed by atoms with van der Waals surface area (Å²) in [6.07, 6.45) is 4.92. The van der Waals surface area contributed by atoms with Gasteiger partial charge in [0.2, 0.25) is 0 Å². The molecule has 0 spiro atoms. The number of hydrogen-bond acceptors (Lipinski definition) is 5. The number of pyridine rings is 1. The zero-order valence-corrected chi connectivity index (χ0v) is 22.8. The van der Waals surface area contributed by atoms with Crippen LogP contribution in [0, 0.1) is 12.7 Å². The van der Waals surface area contributed by atoms with Crippen molar-refractivity contribution in [3.05, 3.63) is 57.6 Å². The third kappa shape index (κ3) is 4.70. The molecule has 2 fully saturated rings. The van der Waals surface area contributed by atoms with Gasteiger partial charge in [-0.25, -0.2) is 9.07 Å². The largest absolute Gasteiger partial charge is 0.356 e. The van der Waals surface area contributed by atoms with E-state index in [0.717, 1.165) is 74.2 Å². The fourth-order valence-corrected chi connectivity index (χ4v) is 6.33. The summed E-state index contributed by atoms with van der Waals surface area (Å²) in [5, 5.41) is 5.00. The van der Waals surface area contributed by atoms with Crippen molar-refractivity contribution in [3.8, 4) is 0 Å². The number of piperazine rings is 1. The number of ether oxygens (including phenoxy) is 1. The molecule has 0 N–H and O–H groups in total. The van der Waals surface area contributed by atoms with Gasteiger partial charge in [0, 0.05) is 50.9 Å². The summed E-state index contributed by atoms with van der Waals surface area (Å²) in [4.78, 5) is 17.8. The van der Waals surface area contributed by atoms with Crippen LogP contribution in [-0.4, -0.2) is 51.0 Å². The van der Waals surface area contributed by atoms with Gasteiger partial charge < -0.3 is 14.2 Å². The molecule has 7 nitrogen and oxygen atoms in total. The van der Waals surface area contributed by atoms with Gasteiger partial charge in [0.1, 0.15) is 16.9 Å². The van der Waals surface area contributed by atoms with Gasteiger partial charge in [0.05, 0.1) is 0 Å². The number of halogens is 1. The third-order valence-corrected chi connectivity index (χ3v) is 8.50. The van der Waals surface area contributed by atoms with Gasteiger partial charge in [-0.05, 0) is 75.3 Å². The van der Waals surface area contributed by atoms with Crippen molar-refractivity contribution in [1.82, 2.24) is 19.2 Å². The molecule has 0 amide bonds. The van der Waals surface area contributed by atoms with E-state index in [1.165, 1.54) is 5.56 Å². The van der Waals surface area contributed by atoms with Crippen LogP contribution in [0.25, 0.3) is 11.0 Å². The van der Waals surface area contributed by atoms with Crippen molar-refractivity contribution in [2.24, 2.45) is 7.05 Å². The van der Waals surface area contributed by atoms with Crippen LogP contribution < -0.4 is 10.5 Å². The van der Waals surface area contributed by atoms with Crippen LogP contribution in [0.15, 0.2) is 35.1 Å². The minimum absolute atomic E-state index is 0.0306. The smallest absolute Gasteiger partial charge is 0.250 e. The second-order valence-corrected chi connectivity index (χ2v) is 10.7. The summed E-state index contributed by atoms with van der Waals surface area (Å²) in [5.41, 5.74) is 3.85. The Hall–Kier alpha value is -2.71. The topological polar surface area (TPSA) is 55.5 Å². The van der Waals surface area contributed by atoms with E-state index in [1.807, 2.05) is 26.1 Å². The quantitative estimate of drug-likeness (QED) is 0.450. The van der Waals surface area contributed by atoms with Crippen LogP contribution in [0.3, 0.4) is 0 Å². The van der Waals surface area contributed by atoms with E-state index in [-0.39, 0.29) is 29.7 Å². The molecule has 200 valence electrons. The van der Waals surface area contributed by atoms with Crippen LogP contribution in [0.2, 0.25) is 0 Å². The lowest BCUT2D eigenvalue weighted by atomic mass is 9.95. The van der Waals surface area contributed by atoms with Gasteiger partial charge in [0.15, 0.2) is 12.0 Å². The predicted molar refractivity (Wildman–Crippen MR) is 146 cm³/mol. The highest BCUT2D eigenvalue weighted by atomic mass is 19.1. The number of nitrogens with zero attached hydrogens (tertiary/aromatic N) is 5. The van der Waals surface area contributed by atoms with Gasteiger partial charge in [-0.3, -0.25) is 9.69 Å². The Kier molecular flexibility index (Phi) is 7.41. The normalized spacial score (nSPS) is 24.1. The first-order valence-electron chi connectivity index (χ1n) is 13.8. The fraction of sp³-hybridized carbons (Fsp3) is 0.586. The number of benzene rings is 1. The molecule has 5 rings (SSSR count). The summed E-state index contributed by atoms with van der Waals surface area (Å²) in [7, 11) is 1.84. The lowest BCUT2D eigenvalue weighted by molar-refractivity contribution is -0.0386. The molecule has 2 aliphatic rings. The molecular formula is C29H40FN5O2. The Labute approximate surface area is 218 Å². The maximum Gasteiger partial charge on any atom is 0.250 e. The van der Waals surface area contributed by atoms with Crippen molar-refractivity contribution in [2.45, 2.75) is 84.2 Å². The number of rotatable bonds is 6. The van der Waals surface area contributed by atoms with E-state index in [9.17, 15) is 9.18 Å². The second kappa shape index (κ2) is 10.6. The van der Waals surface area contributed by atoms with Crippen LogP contribution >= 0.6 is 0 Å². The molecule has 2 saturated heterocycles. The van der Waals surface area contributed by atoms with E-state index in [4.69, 9.17) is 9.84 Å². The van der Waals surface area contributed by atoms with Crippen molar-refractivity contribution in [1.29, 1.82) is 0 Å². The van der Waals surface area contributed by atoms with Crippen molar-refractivity contribution < 1.29 is 9.13 Å². The van der Waals surface area contributed by atoms with E-state index in [0.29, 0.717) is 6.04 Å². The van der Waals surface area contributed by atoms with E-state index >= 15 is 0 Å². The van der Waals surface area contributed by atoms with E-state index in [2.05, 4.69) is 35.3 Å². The molecule has 4 atom stereocenters. The molecule has 0 radical (unpaired) electrons. The molecule has 2 unspecified atom stereocenters. The molecule has 8 heteroatoms. The zero-order chi connectivity index (χ0) is 26.3. The Morgan fingerprint density at radius 2 is 1.89 bits per heavy atom. The van der Waals surface area contributed by atoms with Crippen LogP contribution in [-0.2, 0) is 11.8 Å². The fourth-order valence-electron chi connectivity index (χ4n) is 6.33. The van der Waals surface area contributed by atoms with E-state index in [1.54, 1.807) is 22.8 Å². The molecule has 4 heterocycles. The lowest BCUT2D eigenvalue weighted by Crippen LogP contribution is -2.59. The van der Waals surface area contributed by atoms with Gasteiger partial charge in [-0.1, -0.05) is 19.9 Å². The summed E-state index contributed by atoms with van der Waals surface area (Å²) in [5.74, 6) is 0.810. The predicted octanol–water partition coefficient (Wildman–Crippen LogP) is 5.32. The van der Waals surface area contributed by atoms with Gasteiger partial charge in [0.25, 0.3) is 5.56 Å². The maximum absolute atomic E-state index is 13.8. The first kappa shape index (κ1) is 25.9. The molecule has 0 bridgehead atoms. The van der Waals surface area contributed by atoms with Crippen molar-refractivity contribution >= 4 is 16.9 Å². The zero-order valence-electron chi connectivity index (χ0n) is 22.8. The second-order valence-electron chi connectivity index (χ2n) is 10.7. The molecule has 2 aliphatic heterocycles. The summed E-state index contributed by atoms with van der Waals surface area (Å²) in [6, 6.07) is 9.30. The van der Waals surface area contributed by atoms with Gasteiger partial charge in [-0.2, -0.15) is 5.10 Å². The highest BCUT2D eigenvalue weighted by Crippen LogP contribution is 2.38. The Morgan fingerprint density at radius 1 is 1.11 bits per heavy atom. The Morgan fingerprint density at radius 3 is 2.57 bits per heavy atom. The molecule has 3 aromatic rings. The first-order valence-corrected chi connectivity index (χ1v) is 13.8. The highest BCUT2D eigenvalue weighted by molar-refractivity contribution is 5.87. The highest BCUT2D eigenvalue weighted by Gasteiger charge is 2.39. The van der Waals surface area contributed by atoms with Gasteiger partial charge in [-0.15, -0.1) is 0 Å². The van der Waals surface area contributed by atoms with Gasteiger partial charge >= 0.3 is 0 Å². The third-order valence-electron chi connectivity index (χ3n) is 8.50. The average Bonchev–Trinajstić information content (AvgIpc) is 3.30. The van der Waals surface area contributed by atoms with Crippen LogP contribution in [0.4, 0.5) is 10.2 Å². The molecule has 0 saturated carbocycles. The number of hydrogen-bond donors (Lipinski definition) is 0.